The zero-order valence-corrected chi connectivity index (χ0v) is 15.8. The number of carboxylic acids is 1. The zero-order chi connectivity index (χ0) is 20.8. The summed E-state index contributed by atoms with van der Waals surface area (Å²) in [6.07, 6.45) is 0. The molecule has 6 heteroatoms. The average Bonchev–Trinajstić information content (AvgIpc) is 2.74. The van der Waals surface area contributed by atoms with Crippen molar-refractivity contribution in [3.05, 3.63) is 89.7 Å². The molecule has 0 aromatic heterocycles. The largest absolute Gasteiger partial charge is 0.496 e. The number of carbonyl (C=O) groups is 2. The Morgan fingerprint density at radius 3 is 2.41 bits per heavy atom. The maximum absolute atomic E-state index is 13.1. The van der Waals surface area contributed by atoms with Crippen molar-refractivity contribution in [2.24, 2.45) is 0 Å². The van der Waals surface area contributed by atoms with E-state index in [0.717, 1.165) is 11.1 Å². The zero-order valence-electron chi connectivity index (χ0n) is 15.8. The molecule has 3 rings (SSSR count). The van der Waals surface area contributed by atoms with E-state index in [1.807, 2.05) is 30.3 Å². The van der Waals surface area contributed by atoms with Gasteiger partial charge in [0.25, 0.3) is 5.91 Å². The molecular weight excluding hydrogens is 373 g/mol. The number of nitrogens with zero attached hydrogens (tertiary/aromatic N) is 1. The average molecular weight is 393 g/mol. The van der Waals surface area contributed by atoms with E-state index >= 15 is 0 Å². The number of halogens is 1. The normalized spacial score (nSPS) is 10.4. The third-order valence-corrected chi connectivity index (χ3v) is 4.43. The van der Waals surface area contributed by atoms with Gasteiger partial charge < -0.3 is 14.7 Å². The predicted molar refractivity (Wildman–Crippen MR) is 107 cm³/mol. The first kappa shape index (κ1) is 20.1. The fraction of sp³-hybridized carbons (Fsp3) is 0.130. The Morgan fingerprint density at radius 1 is 1.00 bits per heavy atom. The highest BCUT2D eigenvalue weighted by Crippen LogP contribution is 2.30. The summed E-state index contributed by atoms with van der Waals surface area (Å²) in [4.78, 5) is 25.6. The van der Waals surface area contributed by atoms with E-state index in [0.29, 0.717) is 16.9 Å². The molecular formula is C23H20FNO4. The van der Waals surface area contributed by atoms with Crippen molar-refractivity contribution in [2.75, 3.05) is 13.7 Å². The number of carboxylic acid groups (broad SMARTS) is 1. The van der Waals surface area contributed by atoms with Gasteiger partial charge in [-0.05, 0) is 41.5 Å². The molecule has 0 spiro atoms. The number of ether oxygens (including phenoxy) is 1. The number of benzene rings is 3. The van der Waals surface area contributed by atoms with Crippen molar-refractivity contribution in [3.63, 3.8) is 0 Å². The van der Waals surface area contributed by atoms with Crippen molar-refractivity contribution in [2.45, 2.75) is 6.54 Å². The second-order valence-electron chi connectivity index (χ2n) is 6.46. The van der Waals surface area contributed by atoms with Crippen molar-refractivity contribution in [1.82, 2.24) is 4.90 Å². The maximum atomic E-state index is 13.1. The summed E-state index contributed by atoms with van der Waals surface area (Å²) < 4.78 is 18.5. The molecule has 1 N–H and O–H groups in total. The van der Waals surface area contributed by atoms with E-state index in [-0.39, 0.29) is 6.54 Å². The fourth-order valence-electron chi connectivity index (χ4n) is 3.06. The monoisotopic (exact) mass is 393 g/mol. The van der Waals surface area contributed by atoms with Crippen LogP contribution in [-0.4, -0.2) is 35.5 Å². The van der Waals surface area contributed by atoms with Gasteiger partial charge in [-0.15, -0.1) is 0 Å². The van der Waals surface area contributed by atoms with Crippen LogP contribution in [0.4, 0.5) is 4.39 Å². The van der Waals surface area contributed by atoms with Crippen molar-refractivity contribution in [3.8, 4) is 16.9 Å². The molecule has 0 aliphatic rings. The lowest BCUT2D eigenvalue weighted by Gasteiger charge is -2.21. The van der Waals surface area contributed by atoms with Gasteiger partial charge in [0.1, 0.15) is 18.1 Å². The van der Waals surface area contributed by atoms with Crippen LogP contribution < -0.4 is 4.74 Å². The summed E-state index contributed by atoms with van der Waals surface area (Å²) in [5.41, 5.74) is 2.61. The molecule has 3 aromatic rings. The lowest BCUT2D eigenvalue weighted by molar-refractivity contribution is -0.137. The first-order valence-corrected chi connectivity index (χ1v) is 8.97. The van der Waals surface area contributed by atoms with Crippen LogP contribution in [0.5, 0.6) is 5.75 Å². The van der Waals surface area contributed by atoms with Crippen LogP contribution in [-0.2, 0) is 11.3 Å². The Kier molecular flexibility index (Phi) is 6.24. The number of rotatable bonds is 7. The molecule has 0 radical (unpaired) electrons. The van der Waals surface area contributed by atoms with E-state index in [1.54, 1.807) is 25.3 Å². The van der Waals surface area contributed by atoms with Crippen LogP contribution >= 0.6 is 0 Å². The minimum atomic E-state index is -1.12. The third-order valence-electron chi connectivity index (χ3n) is 4.43. The second kappa shape index (κ2) is 9.01. The number of para-hydroxylation sites is 1. The molecule has 1 amide bonds. The quantitative estimate of drug-likeness (QED) is 0.652. The van der Waals surface area contributed by atoms with Crippen LogP contribution in [0.1, 0.15) is 15.9 Å². The minimum absolute atomic E-state index is 0.0598. The van der Waals surface area contributed by atoms with Crippen LogP contribution in [0.15, 0.2) is 72.8 Å². The molecule has 0 unspecified atom stereocenters. The highest BCUT2D eigenvalue weighted by Gasteiger charge is 2.20. The number of aliphatic carboxylic acids is 1. The van der Waals surface area contributed by atoms with Gasteiger partial charge in [-0.1, -0.05) is 42.5 Å². The Balaban J connectivity index is 1.91. The SMILES string of the molecule is COc1ccccc1-c1cccc(C(=O)N(CC(=O)O)Cc2ccc(F)cc2)c1. The summed E-state index contributed by atoms with van der Waals surface area (Å²) in [6, 6.07) is 20.0. The third kappa shape index (κ3) is 4.99. The van der Waals surface area contributed by atoms with Crippen LogP contribution in [0, 0.1) is 5.82 Å². The van der Waals surface area contributed by atoms with Gasteiger partial charge in [-0.25, -0.2) is 4.39 Å². The predicted octanol–water partition coefficient (Wildman–Crippen LogP) is 4.23. The molecule has 5 nitrogen and oxygen atoms in total. The number of carbonyl (C=O) groups excluding carboxylic acids is 1. The molecule has 0 saturated heterocycles. The molecule has 3 aromatic carbocycles. The molecule has 29 heavy (non-hydrogen) atoms. The molecule has 0 heterocycles. The van der Waals surface area contributed by atoms with Gasteiger partial charge in [-0.3, -0.25) is 9.59 Å². The van der Waals surface area contributed by atoms with Crippen molar-refractivity contribution in [1.29, 1.82) is 0 Å². The second-order valence-corrected chi connectivity index (χ2v) is 6.46. The van der Waals surface area contributed by atoms with E-state index in [9.17, 15) is 19.1 Å². The number of hydrogen-bond donors (Lipinski definition) is 1. The lowest BCUT2D eigenvalue weighted by atomic mass is 10.0. The van der Waals surface area contributed by atoms with Crippen LogP contribution in [0.25, 0.3) is 11.1 Å². The van der Waals surface area contributed by atoms with E-state index in [4.69, 9.17) is 4.74 Å². The highest BCUT2D eigenvalue weighted by atomic mass is 19.1. The first-order chi connectivity index (χ1) is 14.0. The molecule has 0 fully saturated rings. The fourth-order valence-corrected chi connectivity index (χ4v) is 3.06. The van der Waals surface area contributed by atoms with Crippen molar-refractivity contribution < 1.29 is 23.8 Å². The number of hydrogen-bond acceptors (Lipinski definition) is 3. The Hall–Kier alpha value is -3.67. The van der Waals surface area contributed by atoms with Gasteiger partial charge in [0.15, 0.2) is 0 Å². The van der Waals surface area contributed by atoms with Crippen LogP contribution in [0.2, 0.25) is 0 Å². The summed E-state index contributed by atoms with van der Waals surface area (Å²) in [7, 11) is 1.57. The van der Waals surface area contributed by atoms with Gasteiger partial charge in [-0.2, -0.15) is 0 Å². The van der Waals surface area contributed by atoms with E-state index < -0.39 is 24.2 Å². The molecule has 0 bridgehead atoms. The Labute approximate surface area is 168 Å². The smallest absolute Gasteiger partial charge is 0.323 e. The van der Waals surface area contributed by atoms with Crippen molar-refractivity contribution >= 4 is 11.9 Å². The van der Waals surface area contributed by atoms with Gasteiger partial charge in [0, 0.05) is 17.7 Å². The molecule has 0 aliphatic heterocycles. The lowest BCUT2D eigenvalue weighted by Crippen LogP contribution is -2.35. The molecule has 0 atom stereocenters. The van der Waals surface area contributed by atoms with Gasteiger partial charge in [0.05, 0.1) is 7.11 Å². The Bertz CT molecular complexity index is 1020. The van der Waals surface area contributed by atoms with Gasteiger partial charge >= 0.3 is 5.97 Å². The highest BCUT2D eigenvalue weighted by molar-refractivity contribution is 5.97. The number of methoxy groups -OCH3 is 1. The maximum Gasteiger partial charge on any atom is 0.323 e. The van der Waals surface area contributed by atoms with Gasteiger partial charge in [0.2, 0.25) is 0 Å². The standard InChI is InChI=1S/C23H20FNO4/c1-29-21-8-3-2-7-20(21)17-5-4-6-18(13-17)23(28)25(15-22(26)27)14-16-9-11-19(24)12-10-16/h2-13H,14-15H2,1H3,(H,26,27). The van der Waals surface area contributed by atoms with E-state index in [1.165, 1.54) is 29.2 Å². The van der Waals surface area contributed by atoms with Crippen LogP contribution in [0.3, 0.4) is 0 Å². The number of amides is 1. The summed E-state index contributed by atoms with van der Waals surface area (Å²) in [6.45, 7) is -0.403. The minimum Gasteiger partial charge on any atom is -0.496 e. The summed E-state index contributed by atoms with van der Waals surface area (Å²) >= 11 is 0. The molecule has 148 valence electrons. The Morgan fingerprint density at radius 2 is 1.72 bits per heavy atom. The molecule has 0 aliphatic carbocycles. The van der Waals surface area contributed by atoms with E-state index in [2.05, 4.69) is 0 Å². The summed E-state index contributed by atoms with van der Waals surface area (Å²) in [5.74, 6) is -1.27. The first-order valence-electron chi connectivity index (χ1n) is 8.97. The summed E-state index contributed by atoms with van der Waals surface area (Å²) in [5, 5.41) is 9.23. The topological polar surface area (TPSA) is 66.8 Å². The molecule has 0 saturated carbocycles.